The molecule has 0 saturated carbocycles. The Morgan fingerprint density at radius 2 is 2.29 bits per heavy atom. The molecule has 0 fully saturated rings. The Hall–Kier alpha value is -1.10. The second-order valence-electron chi connectivity index (χ2n) is 3.34. The van der Waals surface area contributed by atoms with Gasteiger partial charge in [0.05, 0.1) is 5.56 Å². The van der Waals surface area contributed by atoms with Gasteiger partial charge in [0.2, 0.25) is 0 Å². The first-order valence-corrected chi connectivity index (χ1v) is 5.13. The maximum atomic E-state index is 5.11. The fourth-order valence-electron chi connectivity index (χ4n) is 1.09. The molecule has 0 amide bonds. The molecule has 0 aliphatic heterocycles. The molecule has 0 spiro atoms. The van der Waals surface area contributed by atoms with Gasteiger partial charge in [-0.3, -0.25) is 5.10 Å². The highest BCUT2D eigenvalue weighted by Gasteiger charge is 2.10. The number of nitrogens with zero attached hydrogens (tertiary/aromatic N) is 2. The highest BCUT2D eigenvalue weighted by atomic mass is 79.9. The van der Waals surface area contributed by atoms with Crippen molar-refractivity contribution in [3.05, 3.63) is 22.8 Å². The summed E-state index contributed by atoms with van der Waals surface area (Å²) >= 11 is 3.23. The van der Waals surface area contributed by atoms with Gasteiger partial charge in [-0.15, -0.1) is 0 Å². The molecule has 0 atom stereocenters. The van der Waals surface area contributed by atoms with Crippen LogP contribution in [0.1, 0.15) is 25.6 Å². The van der Waals surface area contributed by atoms with Crippen LogP contribution in [0.2, 0.25) is 0 Å². The average molecular weight is 256 g/mol. The minimum absolute atomic E-state index is 0.353. The number of rotatable bonds is 2. The Morgan fingerprint density at radius 3 is 2.79 bits per heavy atom. The van der Waals surface area contributed by atoms with Crippen LogP contribution in [0.4, 0.5) is 0 Å². The lowest BCUT2D eigenvalue weighted by Gasteiger charge is -1.94. The van der Waals surface area contributed by atoms with Gasteiger partial charge in [-0.1, -0.05) is 13.8 Å². The van der Waals surface area contributed by atoms with E-state index in [0.717, 1.165) is 11.4 Å². The van der Waals surface area contributed by atoms with Gasteiger partial charge in [-0.25, -0.2) is 4.98 Å². The quantitative estimate of drug-likeness (QED) is 0.898. The van der Waals surface area contributed by atoms with Crippen LogP contribution in [0.5, 0.6) is 0 Å². The highest BCUT2D eigenvalue weighted by molar-refractivity contribution is 9.10. The molecular formula is C9H10BrN3O. The van der Waals surface area contributed by atoms with Gasteiger partial charge in [0.15, 0.2) is 10.5 Å². The molecule has 0 radical (unpaired) electrons. The zero-order valence-electron chi connectivity index (χ0n) is 7.91. The van der Waals surface area contributed by atoms with Gasteiger partial charge >= 0.3 is 0 Å². The van der Waals surface area contributed by atoms with Gasteiger partial charge in [0, 0.05) is 12.0 Å². The third-order valence-corrected chi connectivity index (χ3v) is 2.29. The van der Waals surface area contributed by atoms with Crippen molar-refractivity contribution >= 4 is 15.9 Å². The van der Waals surface area contributed by atoms with Gasteiger partial charge < -0.3 is 4.42 Å². The summed E-state index contributed by atoms with van der Waals surface area (Å²) in [6.07, 6.45) is 1.62. The molecule has 2 aromatic heterocycles. The van der Waals surface area contributed by atoms with Crippen molar-refractivity contribution in [1.29, 1.82) is 0 Å². The summed E-state index contributed by atoms with van der Waals surface area (Å²) in [6, 6.07) is 1.84. The lowest BCUT2D eigenvalue weighted by Crippen LogP contribution is -1.89. The highest BCUT2D eigenvalue weighted by Crippen LogP contribution is 2.22. The predicted octanol–water partition coefficient (Wildman–Crippen LogP) is 2.95. The molecular weight excluding hydrogens is 246 g/mol. The summed E-state index contributed by atoms with van der Waals surface area (Å²) in [5, 5.41) is 7.00. The Kier molecular flexibility index (Phi) is 2.41. The summed E-state index contributed by atoms with van der Waals surface area (Å²) in [6.45, 7) is 4.13. The Bertz CT molecular complexity index is 433. The van der Waals surface area contributed by atoms with E-state index < -0.39 is 0 Å². The fourth-order valence-corrected chi connectivity index (χ4v) is 1.43. The second-order valence-corrected chi connectivity index (χ2v) is 4.12. The van der Waals surface area contributed by atoms with E-state index in [-0.39, 0.29) is 0 Å². The van der Waals surface area contributed by atoms with Crippen molar-refractivity contribution in [1.82, 2.24) is 15.2 Å². The Balaban J connectivity index is 2.33. The lowest BCUT2D eigenvalue weighted by molar-refractivity contribution is 0.541. The van der Waals surface area contributed by atoms with E-state index in [1.165, 1.54) is 0 Å². The molecule has 0 aliphatic rings. The maximum absolute atomic E-state index is 5.11. The lowest BCUT2D eigenvalue weighted by atomic mass is 10.2. The third kappa shape index (κ3) is 1.72. The molecule has 2 aromatic rings. The number of hydrogen-bond acceptors (Lipinski definition) is 3. The second kappa shape index (κ2) is 3.57. The van der Waals surface area contributed by atoms with Gasteiger partial charge in [-0.2, -0.15) is 5.10 Å². The van der Waals surface area contributed by atoms with Crippen LogP contribution < -0.4 is 0 Å². The molecule has 0 aliphatic carbocycles. The zero-order chi connectivity index (χ0) is 10.1. The predicted molar refractivity (Wildman–Crippen MR) is 55.9 cm³/mol. The minimum atomic E-state index is 0.353. The molecule has 4 nitrogen and oxygen atoms in total. The summed E-state index contributed by atoms with van der Waals surface area (Å²) in [7, 11) is 0. The molecule has 0 aromatic carbocycles. The molecule has 0 bridgehead atoms. The molecule has 1 N–H and O–H groups in total. The van der Waals surface area contributed by atoms with Gasteiger partial charge in [0.1, 0.15) is 12.1 Å². The van der Waals surface area contributed by atoms with Gasteiger partial charge in [-0.05, 0) is 15.9 Å². The van der Waals surface area contributed by atoms with Crippen molar-refractivity contribution in [3.8, 4) is 11.4 Å². The number of hydrogen-bond donors (Lipinski definition) is 1. The first kappa shape index (κ1) is 9.45. The number of nitrogens with one attached hydrogen (secondary N) is 1. The average Bonchev–Trinajstić information content (AvgIpc) is 2.70. The topological polar surface area (TPSA) is 54.7 Å². The van der Waals surface area contributed by atoms with Crippen molar-refractivity contribution in [2.45, 2.75) is 19.8 Å². The van der Waals surface area contributed by atoms with Crippen molar-refractivity contribution in [2.24, 2.45) is 0 Å². The van der Waals surface area contributed by atoms with E-state index in [4.69, 9.17) is 4.42 Å². The number of aromatic nitrogens is 3. The van der Waals surface area contributed by atoms with Crippen LogP contribution in [-0.4, -0.2) is 15.2 Å². The smallest absolute Gasteiger partial charge is 0.184 e. The molecule has 0 saturated heterocycles. The third-order valence-electron chi connectivity index (χ3n) is 1.88. The maximum Gasteiger partial charge on any atom is 0.184 e. The van der Waals surface area contributed by atoms with E-state index in [1.54, 1.807) is 6.26 Å². The van der Waals surface area contributed by atoms with Crippen LogP contribution in [0, 0.1) is 0 Å². The normalized spacial score (nSPS) is 11.1. The zero-order valence-corrected chi connectivity index (χ0v) is 9.50. The van der Waals surface area contributed by atoms with Crippen molar-refractivity contribution in [2.75, 3.05) is 0 Å². The van der Waals surface area contributed by atoms with E-state index in [1.807, 2.05) is 6.07 Å². The molecule has 5 heteroatoms. The van der Waals surface area contributed by atoms with Crippen LogP contribution in [0.15, 0.2) is 21.4 Å². The molecule has 2 rings (SSSR count). The molecule has 74 valence electrons. The van der Waals surface area contributed by atoms with E-state index >= 15 is 0 Å². The number of furan rings is 1. The fraction of sp³-hybridized carbons (Fsp3) is 0.333. The van der Waals surface area contributed by atoms with Crippen LogP contribution in [0.3, 0.4) is 0 Å². The summed E-state index contributed by atoms with van der Waals surface area (Å²) < 4.78 is 5.80. The van der Waals surface area contributed by atoms with Gasteiger partial charge in [0.25, 0.3) is 0 Å². The Morgan fingerprint density at radius 1 is 1.50 bits per heavy atom. The number of halogens is 1. The molecule has 0 unspecified atom stereocenters. The van der Waals surface area contributed by atoms with Crippen molar-refractivity contribution < 1.29 is 4.42 Å². The monoisotopic (exact) mass is 255 g/mol. The van der Waals surface area contributed by atoms with Crippen LogP contribution in [0.25, 0.3) is 11.4 Å². The van der Waals surface area contributed by atoms with E-state index in [9.17, 15) is 0 Å². The van der Waals surface area contributed by atoms with Crippen LogP contribution in [-0.2, 0) is 0 Å². The molecule has 2 heterocycles. The van der Waals surface area contributed by atoms with E-state index in [0.29, 0.717) is 16.4 Å². The first-order chi connectivity index (χ1) is 6.66. The standard InChI is InChI=1S/C9H10BrN3O/c1-5(2)8-11-9(13-12-8)6-3-7(10)14-4-6/h3-5H,1-2H3,(H,11,12,13). The van der Waals surface area contributed by atoms with Crippen LogP contribution >= 0.6 is 15.9 Å². The van der Waals surface area contributed by atoms with Crippen molar-refractivity contribution in [3.63, 3.8) is 0 Å². The summed E-state index contributed by atoms with van der Waals surface area (Å²) in [5.74, 6) is 1.91. The minimum Gasteiger partial charge on any atom is -0.457 e. The van der Waals surface area contributed by atoms with E-state index in [2.05, 4.69) is 45.0 Å². The number of H-pyrrole nitrogens is 1. The number of aromatic amines is 1. The summed E-state index contributed by atoms with van der Waals surface area (Å²) in [5.41, 5.74) is 0.875. The molecule has 14 heavy (non-hydrogen) atoms. The Labute approximate surface area is 89.9 Å². The summed E-state index contributed by atoms with van der Waals surface area (Å²) in [4.78, 5) is 4.35. The first-order valence-electron chi connectivity index (χ1n) is 4.33. The largest absolute Gasteiger partial charge is 0.457 e. The SMILES string of the molecule is CC(C)c1nc(-c2coc(Br)c2)n[nH]1.